The van der Waals surface area contributed by atoms with Gasteiger partial charge in [-0.1, -0.05) is 0 Å². The highest BCUT2D eigenvalue weighted by molar-refractivity contribution is 6.58. The molecule has 4 N–H and O–H groups in total. The molecule has 0 saturated heterocycles. The Balaban J connectivity index is 2.51. The van der Waals surface area contributed by atoms with Crippen molar-refractivity contribution in [1.29, 1.82) is 0 Å². The first kappa shape index (κ1) is 10.7. The van der Waals surface area contributed by atoms with Crippen LogP contribution in [0.3, 0.4) is 0 Å². The molecule has 0 aromatic carbocycles. The van der Waals surface area contributed by atoms with Crippen LogP contribution < -0.4 is 11.2 Å². The fourth-order valence-corrected chi connectivity index (χ4v) is 1.40. The standard InChI is InChI=1S/C9H11BN4O2/c1-14-3-2-8(13-14)7-4-6(10(15)16)5-12-9(7)11/h2-5,15-16H,1H3,(H2,11,12). The number of aryl methyl sites for hydroxylation is 1. The maximum absolute atomic E-state index is 9.04. The number of hydrogen-bond donors (Lipinski definition) is 3. The third kappa shape index (κ3) is 1.90. The van der Waals surface area contributed by atoms with E-state index in [1.165, 1.54) is 6.20 Å². The van der Waals surface area contributed by atoms with E-state index in [1.54, 1.807) is 30.1 Å². The van der Waals surface area contributed by atoms with Gasteiger partial charge < -0.3 is 15.8 Å². The Bertz CT molecular complexity index is 512. The third-order valence-electron chi connectivity index (χ3n) is 2.23. The van der Waals surface area contributed by atoms with Crippen molar-refractivity contribution in [2.24, 2.45) is 7.05 Å². The van der Waals surface area contributed by atoms with Gasteiger partial charge in [0, 0.05) is 30.5 Å². The zero-order valence-electron chi connectivity index (χ0n) is 8.70. The van der Waals surface area contributed by atoms with Crippen LogP contribution in [-0.4, -0.2) is 31.9 Å². The number of rotatable bonds is 2. The molecule has 2 heterocycles. The van der Waals surface area contributed by atoms with Crippen LogP contribution in [0.1, 0.15) is 0 Å². The van der Waals surface area contributed by atoms with Gasteiger partial charge in [0.15, 0.2) is 0 Å². The summed E-state index contributed by atoms with van der Waals surface area (Å²) in [5.41, 5.74) is 7.23. The fourth-order valence-electron chi connectivity index (χ4n) is 1.40. The molecule has 16 heavy (non-hydrogen) atoms. The molecule has 0 radical (unpaired) electrons. The molecule has 0 amide bonds. The summed E-state index contributed by atoms with van der Waals surface area (Å²) in [7, 11) is 0.230. The zero-order valence-corrected chi connectivity index (χ0v) is 8.70. The largest absolute Gasteiger partial charge is 0.490 e. The molecular formula is C9H11BN4O2. The second-order valence-corrected chi connectivity index (χ2v) is 3.45. The van der Waals surface area contributed by atoms with E-state index < -0.39 is 7.12 Å². The maximum atomic E-state index is 9.04. The molecule has 0 aliphatic heterocycles. The Kier molecular flexibility index (Phi) is 2.63. The van der Waals surface area contributed by atoms with Crippen LogP contribution in [0.15, 0.2) is 24.5 Å². The van der Waals surface area contributed by atoms with Crippen molar-refractivity contribution in [2.45, 2.75) is 0 Å². The normalized spacial score (nSPS) is 10.4. The molecule has 2 aromatic rings. The van der Waals surface area contributed by atoms with Crippen LogP contribution in [0.25, 0.3) is 11.3 Å². The van der Waals surface area contributed by atoms with Gasteiger partial charge in [0.25, 0.3) is 0 Å². The van der Waals surface area contributed by atoms with Crippen molar-refractivity contribution < 1.29 is 10.0 Å². The third-order valence-corrected chi connectivity index (χ3v) is 2.23. The predicted octanol–water partition coefficient (Wildman–Crippen LogP) is -1.26. The second-order valence-electron chi connectivity index (χ2n) is 3.45. The van der Waals surface area contributed by atoms with Gasteiger partial charge in [0.1, 0.15) is 5.82 Å². The highest BCUT2D eigenvalue weighted by Crippen LogP contribution is 2.20. The molecule has 0 aliphatic carbocycles. The lowest BCUT2D eigenvalue weighted by Crippen LogP contribution is -2.30. The highest BCUT2D eigenvalue weighted by atomic mass is 16.4. The van der Waals surface area contributed by atoms with Crippen LogP contribution in [0, 0.1) is 0 Å². The Morgan fingerprint density at radius 2 is 2.19 bits per heavy atom. The van der Waals surface area contributed by atoms with E-state index >= 15 is 0 Å². The van der Waals surface area contributed by atoms with Gasteiger partial charge in [-0.05, 0) is 12.1 Å². The SMILES string of the molecule is Cn1ccc(-c2cc(B(O)O)cnc2N)n1. The number of hydrogen-bond acceptors (Lipinski definition) is 5. The van der Waals surface area contributed by atoms with E-state index in [1.807, 2.05) is 0 Å². The lowest BCUT2D eigenvalue weighted by molar-refractivity contribution is 0.425. The molecule has 7 heteroatoms. The number of nitrogens with zero attached hydrogens (tertiary/aromatic N) is 3. The van der Waals surface area contributed by atoms with Gasteiger partial charge in [-0.2, -0.15) is 5.10 Å². The molecule has 0 aliphatic rings. The van der Waals surface area contributed by atoms with Crippen molar-refractivity contribution >= 4 is 18.4 Å². The highest BCUT2D eigenvalue weighted by Gasteiger charge is 2.15. The molecule has 2 aromatic heterocycles. The summed E-state index contributed by atoms with van der Waals surface area (Å²) in [5.74, 6) is 0.308. The van der Waals surface area contributed by atoms with Crippen molar-refractivity contribution in [3.63, 3.8) is 0 Å². The minimum Gasteiger partial charge on any atom is -0.423 e. The second kappa shape index (κ2) is 3.95. The van der Waals surface area contributed by atoms with E-state index in [-0.39, 0.29) is 5.46 Å². The number of aromatic nitrogens is 3. The van der Waals surface area contributed by atoms with Crippen LogP contribution in [-0.2, 0) is 7.05 Å². The number of pyridine rings is 1. The Morgan fingerprint density at radius 1 is 1.44 bits per heavy atom. The maximum Gasteiger partial charge on any atom is 0.490 e. The molecule has 0 bridgehead atoms. The molecule has 0 unspecified atom stereocenters. The Labute approximate surface area is 92.5 Å². The molecule has 82 valence electrons. The van der Waals surface area contributed by atoms with Crippen molar-refractivity contribution in [3.8, 4) is 11.3 Å². The van der Waals surface area contributed by atoms with Crippen LogP contribution >= 0.6 is 0 Å². The molecule has 0 saturated carbocycles. The lowest BCUT2D eigenvalue weighted by Gasteiger charge is -2.04. The van der Waals surface area contributed by atoms with Gasteiger partial charge in [-0.25, -0.2) is 4.98 Å². The first-order valence-electron chi connectivity index (χ1n) is 4.69. The van der Waals surface area contributed by atoms with Crippen molar-refractivity contribution in [1.82, 2.24) is 14.8 Å². The summed E-state index contributed by atoms with van der Waals surface area (Å²) >= 11 is 0. The van der Waals surface area contributed by atoms with E-state index in [2.05, 4.69) is 10.1 Å². The van der Waals surface area contributed by atoms with Crippen LogP contribution in [0.2, 0.25) is 0 Å². The minimum atomic E-state index is -1.56. The van der Waals surface area contributed by atoms with Gasteiger partial charge in [0.2, 0.25) is 0 Å². The predicted molar refractivity (Wildman–Crippen MR) is 60.7 cm³/mol. The molecule has 0 atom stereocenters. The van der Waals surface area contributed by atoms with E-state index in [4.69, 9.17) is 15.8 Å². The number of nitrogen functional groups attached to an aromatic ring is 1. The number of nitrogens with two attached hydrogens (primary N) is 1. The molecule has 2 rings (SSSR count). The van der Waals surface area contributed by atoms with Gasteiger partial charge >= 0.3 is 7.12 Å². The fraction of sp³-hybridized carbons (Fsp3) is 0.111. The average molecular weight is 218 g/mol. The summed E-state index contributed by atoms with van der Waals surface area (Å²) in [6, 6.07) is 3.34. The van der Waals surface area contributed by atoms with E-state index in [0.29, 0.717) is 17.1 Å². The van der Waals surface area contributed by atoms with Crippen molar-refractivity contribution in [3.05, 3.63) is 24.5 Å². The summed E-state index contributed by atoms with van der Waals surface area (Å²) in [6.45, 7) is 0. The van der Waals surface area contributed by atoms with Crippen LogP contribution in [0.5, 0.6) is 0 Å². The first-order chi connectivity index (χ1) is 7.58. The molecule has 0 spiro atoms. The minimum absolute atomic E-state index is 0.287. The van der Waals surface area contributed by atoms with Gasteiger partial charge in [0.05, 0.1) is 5.69 Å². The number of anilines is 1. The summed E-state index contributed by atoms with van der Waals surface area (Å²) in [6.07, 6.45) is 3.10. The smallest absolute Gasteiger partial charge is 0.423 e. The van der Waals surface area contributed by atoms with Gasteiger partial charge in [-0.3, -0.25) is 4.68 Å². The Hall–Kier alpha value is -1.86. The van der Waals surface area contributed by atoms with Crippen molar-refractivity contribution in [2.75, 3.05) is 5.73 Å². The molecular weight excluding hydrogens is 207 g/mol. The zero-order chi connectivity index (χ0) is 11.7. The monoisotopic (exact) mass is 218 g/mol. The molecule has 0 fully saturated rings. The topological polar surface area (TPSA) is 97.2 Å². The summed E-state index contributed by atoms with van der Waals surface area (Å²) < 4.78 is 1.64. The summed E-state index contributed by atoms with van der Waals surface area (Å²) in [5, 5.41) is 22.3. The van der Waals surface area contributed by atoms with E-state index in [0.717, 1.165) is 0 Å². The molecule has 6 nitrogen and oxygen atoms in total. The summed E-state index contributed by atoms with van der Waals surface area (Å²) in [4.78, 5) is 3.89. The average Bonchev–Trinajstić information content (AvgIpc) is 2.65. The first-order valence-corrected chi connectivity index (χ1v) is 4.69. The quantitative estimate of drug-likeness (QED) is 0.547. The van der Waals surface area contributed by atoms with Crippen LogP contribution in [0.4, 0.5) is 5.82 Å². The lowest BCUT2D eigenvalue weighted by atomic mass is 9.81. The Morgan fingerprint density at radius 3 is 2.75 bits per heavy atom. The van der Waals surface area contributed by atoms with Gasteiger partial charge in [-0.15, -0.1) is 0 Å². The van der Waals surface area contributed by atoms with E-state index in [9.17, 15) is 0 Å².